The molecular weight excluding hydrogens is 511 g/mol. The molecule has 1 aromatic carbocycles. The number of nitrogens with zero attached hydrogens (tertiary/aromatic N) is 6. The molecule has 0 unspecified atom stereocenters. The molecule has 0 spiro atoms. The second-order valence-electron chi connectivity index (χ2n) is 9.00. The fraction of sp³-hybridized carbons (Fsp3) is 0.522. The number of amides is 1. The maximum Gasteiger partial charge on any atom is 0.416 e. The number of alkyl halides is 3. The lowest BCUT2D eigenvalue weighted by Gasteiger charge is -2.38. The van der Waals surface area contributed by atoms with Gasteiger partial charge in [0.15, 0.2) is 5.82 Å². The van der Waals surface area contributed by atoms with Gasteiger partial charge < -0.3 is 19.6 Å². The predicted molar refractivity (Wildman–Crippen MR) is 135 cm³/mol. The molecule has 2 fully saturated rings. The van der Waals surface area contributed by atoms with Gasteiger partial charge in [0.05, 0.1) is 12.1 Å². The molecule has 0 saturated carbocycles. The minimum Gasteiger partial charge on any atom is -0.480 e. The number of anilines is 2. The van der Waals surface area contributed by atoms with Gasteiger partial charge in [0.25, 0.3) is 0 Å². The van der Waals surface area contributed by atoms with E-state index in [2.05, 4.69) is 14.7 Å². The maximum absolute atomic E-state index is 13.5. The predicted octanol–water partition coefficient (Wildman–Crippen LogP) is 2.58. The van der Waals surface area contributed by atoms with E-state index in [9.17, 15) is 22.8 Å². The van der Waals surface area contributed by atoms with Gasteiger partial charge in [-0.2, -0.15) is 17.9 Å². The Balaban J connectivity index is 1.41. The summed E-state index contributed by atoms with van der Waals surface area (Å²) in [6.45, 7) is 4.30. The quantitative estimate of drug-likeness (QED) is 0.513. The number of rotatable bonds is 7. The van der Waals surface area contributed by atoms with Crippen LogP contribution in [0.2, 0.25) is 0 Å². The van der Waals surface area contributed by atoms with Gasteiger partial charge in [-0.3, -0.25) is 14.6 Å². The van der Waals surface area contributed by atoms with Crippen molar-refractivity contribution in [1.29, 1.82) is 0 Å². The number of benzene rings is 1. The van der Waals surface area contributed by atoms with Gasteiger partial charge in [0, 0.05) is 83.1 Å². The molecule has 0 atom stereocenters. The lowest BCUT2D eigenvalue weighted by Crippen LogP contribution is -2.50. The van der Waals surface area contributed by atoms with Crippen LogP contribution in [0, 0.1) is 0 Å². The maximum atomic E-state index is 13.5. The third-order valence-corrected chi connectivity index (χ3v) is 6.93. The number of nitrogens with one attached hydrogen (secondary N) is 1. The Morgan fingerprint density at radius 2 is 1.70 bits per heavy atom. The summed E-state index contributed by atoms with van der Waals surface area (Å²) < 4.78 is 44.7. The van der Waals surface area contributed by atoms with E-state index in [0.29, 0.717) is 70.4 Å². The fourth-order valence-corrected chi connectivity index (χ4v) is 4.90. The molecule has 0 aliphatic carbocycles. The Morgan fingerprint density at radius 3 is 2.32 bits per heavy atom. The molecular formula is C23H30F3N7O3S. The molecule has 37 heavy (non-hydrogen) atoms. The topological polar surface area (TPSA) is 97.2 Å². The summed E-state index contributed by atoms with van der Waals surface area (Å²) in [7, 11) is 0. The number of carboxylic acid groups (broad SMARTS) is 1. The highest BCUT2D eigenvalue weighted by atomic mass is 32.2. The Kier molecular flexibility index (Phi) is 8.49. The lowest BCUT2D eigenvalue weighted by molar-refractivity contribution is -0.139. The van der Waals surface area contributed by atoms with Gasteiger partial charge in [0.1, 0.15) is 0 Å². The molecule has 2 saturated heterocycles. The van der Waals surface area contributed by atoms with E-state index in [-0.39, 0.29) is 12.6 Å². The molecule has 4 rings (SSSR count). The van der Waals surface area contributed by atoms with Crippen molar-refractivity contribution in [2.24, 2.45) is 0 Å². The van der Waals surface area contributed by atoms with E-state index in [4.69, 9.17) is 5.11 Å². The van der Waals surface area contributed by atoms with E-state index in [1.54, 1.807) is 22.1 Å². The van der Waals surface area contributed by atoms with Crippen LogP contribution < -0.4 is 9.62 Å². The minimum atomic E-state index is -4.46. The van der Waals surface area contributed by atoms with Crippen molar-refractivity contribution < 1.29 is 27.9 Å². The van der Waals surface area contributed by atoms with Crippen LogP contribution in [0.15, 0.2) is 30.5 Å². The van der Waals surface area contributed by atoms with Gasteiger partial charge in [-0.05, 0) is 17.7 Å². The SMILES string of the molecule is CSNc1ccn(C(=O)N2CCN(Cc3ccc(C(F)(F)F)cc3N3CCN(CC(=O)O)CC3)CC2)n1. The summed E-state index contributed by atoms with van der Waals surface area (Å²) >= 11 is 1.38. The summed E-state index contributed by atoms with van der Waals surface area (Å²) in [6.07, 6.45) is -0.985. The van der Waals surface area contributed by atoms with Crippen LogP contribution in [0.4, 0.5) is 29.5 Å². The molecule has 2 aromatic rings. The molecule has 0 bridgehead atoms. The second-order valence-corrected chi connectivity index (χ2v) is 9.61. The van der Waals surface area contributed by atoms with Crippen molar-refractivity contribution in [3.8, 4) is 0 Å². The van der Waals surface area contributed by atoms with E-state index in [1.165, 1.54) is 28.8 Å². The highest BCUT2D eigenvalue weighted by Gasteiger charge is 2.33. The summed E-state index contributed by atoms with van der Waals surface area (Å²) in [4.78, 5) is 31.3. The average molecular weight is 542 g/mol. The van der Waals surface area contributed by atoms with Crippen LogP contribution in [-0.2, 0) is 17.5 Å². The second kappa shape index (κ2) is 11.6. The Labute approximate surface area is 217 Å². The van der Waals surface area contributed by atoms with Crippen LogP contribution in [0.5, 0.6) is 0 Å². The Hall–Kier alpha value is -2.97. The van der Waals surface area contributed by atoms with Crippen molar-refractivity contribution in [2.45, 2.75) is 12.7 Å². The van der Waals surface area contributed by atoms with E-state index in [0.717, 1.165) is 11.6 Å². The van der Waals surface area contributed by atoms with Gasteiger partial charge in [-0.1, -0.05) is 18.0 Å². The molecule has 10 nitrogen and oxygen atoms in total. The molecule has 14 heteroatoms. The van der Waals surface area contributed by atoms with Crippen molar-refractivity contribution in [3.05, 3.63) is 41.6 Å². The first kappa shape index (κ1) is 27.1. The number of hydrogen-bond acceptors (Lipinski definition) is 8. The zero-order valence-corrected chi connectivity index (χ0v) is 21.3. The summed E-state index contributed by atoms with van der Waals surface area (Å²) in [5, 5.41) is 13.2. The molecule has 1 amide bonds. The third-order valence-electron chi connectivity index (χ3n) is 6.51. The monoisotopic (exact) mass is 541 g/mol. The zero-order chi connectivity index (χ0) is 26.6. The summed E-state index contributed by atoms with van der Waals surface area (Å²) in [5.41, 5.74) is 0.595. The summed E-state index contributed by atoms with van der Waals surface area (Å²) in [5.74, 6) is -0.325. The highest BCUT2D eigenvalue weighted by Crippen LogP contribution is 2.34. The Morgan fingerprint density at radius 1 is 1.03 bits per heavy atom. The Bertz CT molecular complexity index is 1100. The molecule has 1 aromatic heterocycles. The van der Waals surface area contributed by atoms with Crippen LogP contribution in [0.1, 0.15) is 11.1 Å². The van der Waals surface area contributed by atoms with Gasteiger partial charge in [-0.15, -0.1) is 5.10 Å². The van der Waals surface area contributed by atoms with E-state index < -0.39 is 17.7 Å². The molecule has 3 heterocycles. The van der Waals surface area contributed by atoms with Gasteiger partial charge in [0.2, 0.25) is 0 Å². The number of halogens is 3. The number of carbonyl (C=O) groups excluding carboxylic acids is 1. The number of aliphatic carboxylic acids is 1. The minimum absolute atomic E-state index is 0.0831. The van der Waals surface area contributed by atoms with Crippen LogP contribution >= 0.6 is 11.9 Å². The third kappa shape index (κ3) is 6.87. The lowest BCUT2D eigenvalue weighted by atomic mass is 10.1. The standard InChI is InChI=1S/C23H30F3N7O3S/c1-37-28-20-4-5-33(27-20)22(36)32-12-8-29(9-13-32)15-17-2-3-18(23(24,25)26)14-19(17)31-10-6-30(7-11-31)16-21(34)35/h2-5,14H,6-13,15-16H2,1H3,(H,27,28)(H,34,35). The summed E-state index contributed by atoms with van der Waals surface area (Å²) in [6, 6.07) is 5.34. The number of piperazine rings is 2. The van der Waals surface area contributed by atoms with Gasteiger partial charge >= 0.3 is 18.2 Å². The molecule has 2 aliphatic heterocycles. The van der Waals surface area contributed by atoms with E-state index >= 15 is 0 Å². The van der Waals surface area contributed by atoms with Crippen molar-refractivity contribution in [2.75, 3.05) is 74.8 Å². The largest absolute Gasteiger partial charge is 0.480 e. The van der Waals surface area contributed by atoms with Crippen molar-refractivity contribution >= 4 is 35.5 Å². The number of carboxylic acids is 1. The zero-order valence-electron chi connectivity index (χ0n) is 20.4. The molecule has 202 valence electrons. The van der Waals surface area contributed by atoms with Crippen LogP contribution in [0.3, 0.4) is 0 Å². The van der Waals surface area contributed by atoms with E-state index in [1.807, 2.05) is 11.2 Å². The number of aromatic nitrogens is 2. The number of carbonyl (C=O) groups is 2. The first-order valence-corrected chi connectivity index (χ1v) is 13.1. The van der Waals surface area contributed by atoms with Crippen LogP contribution in [0.25, 0.3) is 0 Å². The van der Waals surface area contributed by atoms with Crippen LogP contribution in [-0.4, -0.2) is 107 Å². The smallest absolute Gasteiger partial charge is 0.416 e. The van der Waals surface area contributed by atoms with Crippen molar-refractivity contribution in [1.82, 2.24) is 24.5 Å². The molecule has 0 radical (unpaired) electrons. The molecule has 2 aliphatic rings. The highest BCUT2D eigenvalue weighted by molar-refractivity contribution is 7.99. The van der Waals surface area contributed by atoms with Gasteiger partial charge in [-0.25, -0.2) is 4.79 Å². The first-order valence-electron chi connectivity index (χ1n) is 11.9. The molecule has 2 N–H and O–H groups in total. The first-order chi connectivity index (χ1) is 17.6. The fourth-order valence-electron chi connectivity index (χ4n) is 4.58. The normalized spacial score (nSPS) is 17.7. The number of hydrogen-bond donors (Lipinski definition) is 2. The van der Waals surface area contributed by atoms with Crippen molar-refractivity contribution in [3.63, 3.8) is 0 Å². The average Bonchev–Trinajstić information content (AvgIpc) is 3.33.